The van der Waals surface area contributed by atoms with Gasteiger partial charge in [-0.3, -0.25) is 4.79 Å². The summed E-state index contributed by atoms with van der Waals surface area (Å²) in [6.07, 6.45) is 3.35. The lowest BCUT2D eigenvalue weighted by Crippen LogP contribution is -2.32. The monoisotopic (exact) mass is 293 g/mol. The minimum absolute atomic E-state index is 0.0299. The lowest BCUT2D eigenvalue weighted by molar-refractivity contribution is 0.0938. The molecule has 3 heteroatoms. The van der Waals surface area contributed by atoms with Crippen LogP contribution in [-0.4, -0.2) is 11.9 Å². The second kappa shape index (κ2) is 6.48. The average Bonchev–Trinajstić information content (AvgIpc) is 3.06. The number of furan rings is 1. The average molecular weight is 293 g/mol. The summed E-state index contributed by atoms with van der Waals surface area (Å²) in [6.45, 7) is 2.02. The summed E-state index contributed by atoms with van der Waals surface area (Å²) in [5, 5.41) is 5.27. The van der Waals surface area contributed by atoms with Crippen LogP contribution in [0.5, 0.6) is 0 Å². The minimum Gasteiger partial charge on any atom is -0.469 e. The van der Waals surface area contributed by atoms with Gasteiger partial charge in [0, 0.05) is 18.0 Å². The van der Waals surface area contributed by atoms with E-state index < -0.39 is 0 Å². The summed E-state index contributed by atoms with van der Waals surface area (Å²) in [7, 11) is 0. The van der Waals surface area contributed by atoms with Crippen LogP contribution in [0, 0.1) is 0 Å². The molecule has 0 spiro atoms. The highest BCUT2D eigenvalue weighted by atomic mass is 16.3. The van der Waals surface area contributed by atoms with Crippen molar-refractivity contribution in [2.24, 2.45) is 0 Å². The molecule has 1 amide bonds. The molecule has 1 N–H and O–H groups in total. The largest absolute Gasteiger partial charge is 0.469 e. The van der Waals surface area contributed by atoms with E-state index in [-0.39, 0.29) is 11.9 Å². The maximum atomic E-state index is 12.3. The van der Waals surface area contributed by atoms with E-state index in [4.69, 9.17) is 4.42 Å². The Morgan fingerprint density at radius 2 is 1.91 bits per heavy atom. The number of amides is 1. The lowest BCUT2D eigenvalue weighted by atomic mass is 10.1. The number of hydrogen-bond donors (Lipinski definition) is 1. The molecule has 2 aromatic carbocycles. The van der Waals surface area contributed by atoms with Crippen LogP contribution in [0.15, 0.2) is 65.3 Å². The molecule has 3 aromatic rings. The Balaban J connectivity index is 1.62. The Kier molecular flexibility index (Phi) is 4.24. The fourth-order valence-corrected chi connectivity index (χ4v) is 2.52. The zero-order valence-corrected chi connectivity index (χ0v) is 12.6. The Morgan fingerprint density at radius 1 is 1.09 bits per heavy atom. The molecule has 3 rings (SSSR count). The lowest BCUT2D eigenvalue weighted by Gasteiger charge is -2.13. The molecular weight excluding hydrogens is 274 g/mol. The number of carbonyl (C=O) groups is 1. The quantitative estimate of drug-likeness (QED) is 0.766. The predicted octanol–water partition coefficient (Wildman–Crippen LogP) is 4.18. The van der Waals surface area contributed by atoms with Crippen LogP contribution in [0.4, 0.5) is 0 Å². The van der Waals surface area contributed by atoms with Crippen molar-refractivity contribution < 1.29 is 9.21 Å². The molecule has 1 heterocycles. The van der Waals surface area contributed by atoms with E-state index in [2.05, 4.69) is 5.32 Å². The van der Waals surface area contributed by atoms with Gasteiger partial charge in [-0.1, -0.05) is 30.3 Å². The molecule has 22 heavy (non-hydrogen) atoms. The summed E-state index contributed by atoms with van der Waals surface area (Å²) >= 11 is 0. The fraction of sp³-hybridized carbons (Fsp3) is 0.211. The summed E-state index contributed by atoms with van der Waals surface area (Å²) in [4.78, 5) is 12.3. The van der Waals surface area contributed by atoms with Gasteiger partial charge in [-0.25, -0.2) is 0 Å². The van der Waals surface area contributed by atoms with Crippen molar-refractivity contribution in [1.82, 2.24) is 5.32 Å². The normalized spacial score (nSPS) is 12.2. The number of aryl methyl sites for hydroxylation is 1. The van der Waals surface area contributed by atoms with Gasteiger partial charge >= 0.3 is 0 Å². The fourth-order valence-electron chi connectivity index (χ4n) is 2.52. The maximum absolute atomic E-state index is 12.3. The molecule has 0 radical (unpaired) electrons. The summed E-state index contributed by atoms with van der Waals surface area (Å²) in [6, 6.07) is 17.8. The van der Waals surface area contributed by atoms with Gasteiger partial charge in [0.15, 0.2) is 0 Å². The number of carbonyl (C=O) groups excluding carboxylic acids is 1. The van der Waals surface area contributed by atoms with E-state index in [1.165, 1.54) is 0 Å². The van der Waals surface area contributed by atoms with Gasteiger partial charge < -0.3 is 9.73 Å². The van der Waals surface area contributed by atoms with Crippen molar-refractivity contribution >= 4 is 16.7 Å². The Labute approximate surface area is 130 Å². The zero-order valence-electron chi connectivity index (χ0n) is 12.6. The molecule has 3 nitrogen and oxygen atoms in total. The van der Waals surface area contributed by atoms with Gasteiger partial charge in [0.25, 0.3) is 5.91 Å². The molecule has 0 aliphatic heterocycles. The van der Waals surface area contributed by atoms with Crippen molar-refractivity contribution in [3.8, 4) is 0 Å². The molecule has 112 valence electrons. The summed E-state index contributed by atoms with van der Waals surface area (Å²) < 4.78 is 5.31. The molecule has 0 unspecified atom stereocenters. The first-order valence-electron chi connectivity index (χ1n) is 7.54. The Hall–Kier alpha value is -2.55. The van der Waals surface area contributed by atoms with E-state index in [1.807, 2.05) is 61.5 Å². The SMILES string of the molecule is C[C@@H](CCc1ccco1)NC(=O)c1ccc2ccccc2c1. The smallest absolute Gasteiger partial charge is 0.251 e. The number of fused-ring (bicyclic) bond motifs is 1. The Bertz CT molecular complexity index is 762. The van der Waals surface area contributed by atoms with E-state index in [1.54, 1.807) is 6.26 Å². The molecule has 0 aliphatic carbocycles. The standard InChI is InChI=1S/C19H19NO2/c1-14(8-11-18-7-4-12-22-18)20-19(21)17-10-9-15-5-2-3-6-16(15)13-17/h2-7,9-10,12-14H,8,11H2,1H3,(H,20,21)/t14-/m0/s1. The van der Waals surface area contributed by atoms with Crippen LogP contribution < -0.4 is 5.32 Å². The maximum Gasteiger partial charge on any atom is 0.251 e. The number of benzene rings is 2. The third-order valence-electron chi connectivity index (χ3n) is 3.79. The first-order valence-corrected chi connectivity index (χ1v) is 7.54. The van der Waals surface area contributed by atoms with Crippen LogP contribution in [0.25, 0.3) is 10.8 Å². The van der Waals surface area contributed by atoms with Gasteiger partial charge in [-0.05, 0) is 48.4 Å². The second-order valence-electron chi connectivity index (χ2n) is 5.55. The van der Waals surface area contributed by atoms with Crippen molar-refractivity contribution in [2.45, 2.75) is 25.8 Å². The molecular formula is C19H19NO2. The van der Waals surface area contributed by atoms with Gasteiger partial charge in [0.05, 0.1) is 6.26 Å². The van der Waals surface area contributed by atoms with Crippen LogP contribution in [0.1, 0.15) is 29.5 Å². The predicted molar refractivity (Wildman–Crippen MR) is 87.9 cm³/mol. The van der Waals surface area contributed by atoms with Crippen LogP contribution in [0.3, 0.4) is 0 Å². The highest BCUT2D eigenvalue weighted by Gasteiger charge is 2.11. The molecule has 0 fully saturated rings. The molecule has 1 aromatic heterocycles. The van der Waals surface area contributed by atoms with Crippen LogP contribution >= 0.6 is 0 Å². The Morgan fingerprint density at radius 3 is 2.68 bits per heavy atom. The highest BCUT2D eigenvalue weighted by Crippen LogP contribution is 2.16. The molecule has 0 saturated heterocycles. The molecule has 0 bridgehead atoms. The van der Waals surface area contributed by atoms with Gasteiger partial charge in [0.1, 0.15) is 5.76 Å². The van der Waals surface area contributed by atoms with Gasteiger partial charge in [0.2, 0.25) is 0 Å². The van der Waals surface area contributed by atoms with Crippen molar-refractivity contribution in [1.29, 1.82) is 0 Å². The van der Waals surface area contributed by atoms with Gasteiger partial charge in [-0.2, -0.15) is 0 Å². The topological polar surface area (TPSA) is 42.2 Å². The zero-order chi connectivity index (χ0) is 15.4. The third-order valence-corrected chi connectivity index (χ3v) is 3.79. The number of hydrogen-bond acceptors (Lipinski definition) is 2. The van der Waals surface area contributed by atoms with E-state index in [0.29, 0.717) is 5.56 Å². The number of nitrogens with one attached hydrogen (secondary N) is 1. The first-order chi connectivity index (χ1) is 10.7. The van der Waals surface area contributed by atoms with Crippen molar-refractivity contribution in [2.75, 3.05) is 0 Å². The third kappa shape index (κ3) is 3.37. The van der Waals surface area contributed by atoms with Crippen LogP contribution in [0.2, 0.25) is 0 Å². The van der Waals surface area contributed by atoms with Crippen LogP contribution in [-0.2, 0) is 6.42 Å². The van der Waals surface area contributed by atoms with E-state index in [0.717, 1.165) is 29.4 Å². The molecule has 0 aliphatic rings. The first kappa shape index (κ1) is 14.4. The second-order valence-corrected chi connectivity index (χ2v) is 5.55. The van der Waals surface area contributed by atoms with Crippen molar-refractivity contribution in [3.05, 3.63) is 72.2 Å². The molecule has 1 atom stereocenters. The highest BCUT2D eigenvalue weighted by molar-refractivity contribution is 5.98. The minimum atomic E-state index is -0.0299. The van der Waals surface area contributed by atoms with E-state index in [9.17, 15) is 4.79 Å². The van der Waals surface area contributed by atoms with Crippen molar-refractivity contribution in [3.63, 3.8) is 0 Å². The van der Waals surface area contributed by atoms with E-state index >= 15 is 0 Å². The number of rotatable bonds is 5. The summed E-state index contributed by atoms with van der Waals surface area (Å²) in [5.41, 5.74) is 0.698. The molecule has 0 saturated carbocycles. The van der Waals surface area contributed by atoms with Gasteiger partial charge in [-0.15, -0.1) is 0 Å². The summed E-state index contributed by atoms with van der Waals surface area (Å²) in [5.74, 6) is 0.921.